The third-order valence-corrected chi connectivity index (χ3v) is 4.64. The van der Waals surface area contributed by atoms with Crippen molar-refractivity contribution in [2.75, 3.05) is 23.7 Å². The van der Waals surface area contributed by atoms with Gasteiger partial charge in [-0.2, -0.15) is 0 Å². The van der Waals surface area contributed by atoms with Crippen LogP contribution in [0.1, 0.15) is 37.6 Å². The van der Waals surface area contributed by atoms with Gasteiger partial charge in [0.25, 0.3) is 0 Å². The van der Waals surface area contributed by atoms with Gasteiger partial charge >= 0.3 is 0 Å². The molecule has 2 aliphatic heterocycles. The number of amides is 1. The molecule has 0 bridgehead atoms. The molecule has 2 atom stereocenters. The van der Waals surface area contributed by atoms with E-state index in [0.29, 0.717) is 24.2 Å². The van der Waals surface area contributed by atoms with E-state index in [-0.39, 0.29) is 5.91 Å². The number of anilines is 2. The van der Waals surface area contributed by atoms with Crippen LogP contribution >= 0.6 is 0 Å². The van der Waals surface area contributed by atoms with Crippen molar-refractivity contribution >= 4 is 17.5 Å². The summed E-state index contributed by atoms with van der Waals surface area (Å²) in [5, 5.41) is 3.12. The highest BCUT2D eigenvalue weighted by Gasteiger charge is 2.34. The molecule has 0 radical (unpaired) electrons. The number of rotatable bonds is 2. The second kappa shape index (κ2) is 5.50. The number of aromatic nitrogens is 2. The normalized spacial score (nSPS) is 25.4. The molecule has 2 unspecified atom stereocenters. The number of carbonyl (C=O) groups excluding carboxylic acids is 1. The van der Waals surface area contributed by atoms with Crippen LogP contribution in [-0.4, -0.2) is 35.0 Å². The van der Waals surface area contributed by atoms with Crippen molar-refractivity contribution in [3.8, 4) is 0 Å². The molecule has 0 spiro atoms. The molecule has 6 nitrogen and oxygen atoms in total. The number of nitrogen functional groups attached to an aromatic ring is 1. The van der Waals surface area contributed by atoms with Crippen molar-refractivity contribution in [3.05, 3.63) is 11.4 Å². The van der Waals surface area contributed by atoms with Gasteiger partial charge in [-0.3, -0.25) is 4.79 Å². The lowest BCUT2D eigenvalue weighted by Crippen LogP contribution is -2.54. The molecule has 21 heavy (non-hydrogen) atoms. The van der Waals surface area contributed by atoms with E-state index in [0.717, 1.165) is 49.6 Å². The van der Waals surface area contributed by atoms with Crippen molar-refractivity contribution in [2.45, 2.75) is 45.6 Å². The Kier molecular flexibility index (Phi) is 3.69. The predicted octanol–water partition coefficient (Wildman–Crippen LogP) is 1.03. The first-order chi connectivity index (χ1) is 10.1. The van der Waals surface area contributed by atoms with E-state index < -0.39 is 0 Å². The Morgan fingerprint density at radius 1 is 1.38 bits per heavy atom. The van der Waals surface area contributed by atoms with Gasteiger partial charge < -0.3 is 16.0 Å². The Morgan fingerprint density at radius 2 is 2.19 bits per heavy atom. The van der Waals surface area contributed by atoms with Crippen molar-refractivity contribution in [3.63, 3.8) is 0 Å². The lowest BCUT2D eigenvalue weighted by Gasteiger charge is -2.42. The molecular weight excluding hydrogens is 266 g/mol. The zero-order valence-corrected chi connectivity index (χ0v) is 12.7. The number of nitrogens with zero attached hydrogens (tertiary/aromatic N) is 3. The quantitative estimate of drug-likeness (QED) is 0.849. The van der Waals surface area contributed by atoms with Gasteiger partial charge in [0.2, 0.25) is 5.91 Å². The number of piperidine rings is 2. The zero-order valence-electron chi connectivity index (χ0n) is 12.7. The van der Waals surface area contributed by atoms with Gasteiger partial charge in [0.15, 0.2) is 0 Å². The first-order valence-corrected chi connectivity index (χ1v) is 7.75. The summed E-state index contributed by atoms with van der Waals surface area (Å²) in [5.41, 5.74) is 6.98. The lowest BCUT2D eigenvalue weighted by molar-refractivity contribution is -0.124. The highest BCUT2D eigenvalue weighted by Crippen LogP contribution is 2.30. The second-order valence-corrected chi connectivity index (χ2v) is 6.03. The summed E-state index contributed by atoms with van der Waals surface area (Å²) in [6, 6.07) is 0.327. The minimum atomic E-state index is 0.195. The van der Waals surface area contributed by atoms with Crippen LogP contribution in [-0.2, 0) is 11.2 Å². The largest absolute Gasteiger partial charge is 0.383 e. The highest BCUT2D eigenvalue weighted by atomic mass is 16.1. The predicted molar refractivity (Wildman–Crippen MR) is 82.0 cm³/mol. The van der Waals surface area contributed by atoms with Gasteiger partial charge in [-0.15, -0.1) is 0 Å². The molecule has 6 heteroatoms. The Morgan fingerprint density at radius 3 is 2.95 bits per heavy atom. The van der Waals surface area contributed by atoms with Crippen LogP contribution in [0.25, 0.3) is 0 Å². The standard InChI is InChI=1S/C15H23N5O/c1-3-12-18-14(16)9(2)15(19-12)20-7-6-11-10(8-20)4-5-13(21)17-11/h10-11H,3-8H2,1-2H3,(H,17,21)(H2,16,18,19). The van der Waals surface area contributed by atoms with Crippen molar-refractivity contribution < 1.29 is 4.79 Å². The molecule has 114 valence electrons. The molecule has 1 aromatic heterocycles. The van der Waals surface area contributed by atoms with Gasteiger partial charge in [-0.05, 0) is 25.7 Å². The number of carbonyl (C=O) groups is 1. The summed E-state index contributed by atoms with van der Waals surface area (Å²) in [7, 11) is 0. The third kappa shape index (κ3) is 2.66. The van der Waals surface area contributed by atoms with Crippen LogP contribution in [0.5, 0.6) is 0 Å². The number of hydrogen-bond acceptors (Lipinski definition) is 5. The number of aryl methyl sites for hydroxylation is 1. The molecule has 3 rings (SSSR count). The first kappa shape index (κ1) is 14.1. The minimum absolute atomic E-state index is 0.195. The highest BCUT2D eigenvalue weighted by molar-refractivity contribution is 5.77. The fourth-order valence-electron chi connectivity index (χ4n) is 3.34. The van der Waals surface area contributed by atoms with Gasteiger partial charge in [0.05, 0.1) is 0 Å². The number of fused-ring (bicyclic) bond motifs is 1. The summed E-state index contributed by atoms with van der Waals surface area (Å²) in [6.07, 6.45) is 3.36. The summed E-state index contributed by atoms with van der Waals surface area (Å²) >= 11 is 0. The van der Waals surface area contributed by atoms with Crippen LogP contribution in [0.15, 0.2) is 0 Å². The maximum absolute atomic E-state index is 11.5. The molecule has 3 heterocycles. The molecule has 2 saturated heterocycles. The molecule has 0 aromatic carbocycles. The van der Waals surface area contributed by atoms with Gasteiger partial charge in [0, 0.05) is 37.5 Å². The Bertz CT molecular complexity index is 559. The minimum Gasteiger partial charge on any atom is -0.383 e. The summed E-state index contributed by atoms with van der Waals surface area (Å²) in [4.78, 5) is 22.8. The average molecular weight is 289 g/mol. The van der Waals surface area contributed by atoms with Crippen LogP contribution in [0.3, 0.4) is 0 Å². The van der Waals surface area contributed by atoms with Crippen LogP contribution in [0.4, 0.5) is 11.6 Å². The maximum Gasteiger partial charge on any atom is 0.220 e. The van der Waals surface area contributed by atoms with E-state index in [4.69, 9.17) is 5.73 Å². The van der Waals surface area contributed by atoms with E-state index in [9.17, 15) is 4.79 Å². The van der Waals surface area contributed by atoms with Crippen molar-refractivity contribution in [2.24, 2.45) is 5.92 Å². The van der Waals surface area contributed by atoms with Crippen LogP contribution < -0.4 is 16.0 Å². The van der Waals surface area contributed by atoms with E-state index in [2.05, 4.69) is 20.2 Å². The Labute approximate surface area is 125 Å². The summed E-state index contributed by atoms with van der Waals surface area (Å²) in [6.45, 7) is 5.86. The van der Waals surface area contributed by atoms with E-state index >= 15 is 0 Å². The van der Waals surface area contributed by atoms with Gasteiger partial charge in [-0.1, -0.05) is 6.92 Å². The fraction of sp³-hybridized carbons (Fsp3) is 0.667. The molecule has 3 N–H and O–H groups in total. The first-order valence-electron chi connectivity index (χ1n) is 7.75. The van der Waals surface area contributed by atoms with E-state index in [1.807, 2.05) is 13.8 Å². The fourth-order valence-corrected chi connectivity index (χ4v) is 3.34. The van der Waals surface area contributed by atoms with E-state index in [1.165, 1.54) is 0 Å². The maximum atomic E-state index is 11.5. The second-order valence-electron chi connectivity index (χ2n) is 6.03. The van der Waals surface area contributed by atoms with Crippen LogP contribution in [0, 0.1) is 12.8 Å². The molecule has 1 aromatic rings. The van der Waals surface area contributed by atoms with E-state index in [1.54, 1.807) is 0 Å². The summed E-state index contributed by atoms with van der Waals surface area (Å²) < 4.78 is 0. The SMILES string of the molecule is CCc1nc(N)c(C)c(N2CCC3NC(=O)CCC3C2)n1. The zero-order chi connectivity index (χ0) is 15.0. The van der Waals surface area contributed by atoms with Gasteiger partial charge in [0.1, 0.15) is 17.5 Å². The Balaban J connectivity index is 1.82. The monoisotopic (exact) mass is 289 g/mol. The third-order valence-electron chi connectivity index (χ3n) is 4.64. The smallest absolute Gasteiger partial charge is 0.220 e. The number of hydrogen-bond donors (Lipinski definition) is 2. The van der Waals surface area contributed by atoms with Crippen molar-refractivity contribution in [1.29, 1.82) is 0 Å². The molecule has 2 fully saturated rings. The van der Waals surface area contributed by atoms with Crippen LogP contribution in [0.2, 0.25) is 0 Å². The molecule has 0 saturated carbocycles. The molecule has 0 aliphatic carbocycles. The average Bonchev–Trinajstić information content (AvgIpc) is 2.49. The molecular formula is C15H23N5O. The molecule has 2 aliphatic rings. The molecule has 1 amide bonds. The lowest BCUT2D eigenvalue weighted by atomic mass is 9.85. The topological polar surface area (TPSA) is 84.1 Å². The summed E-state index contributed by atoms with van der Waals surface area (Å²) in [5.74, 6) is 3.05. The van der Waals surface area contributed by atoms with Gasteiger partial charge in [-0.25, -0.2) is 9.97 Å². The number of nitrogens with two attached hydrogens (primary N) is 1. The number of nitrogens with one attached hydrogen (secondary N) is 1. The van der Waals surface area contributed by atoms with Crippen molar-refractivity contribution in [1.82, 2.24) is 15.3 Å². The Hall–Kier alpha value is -1.85.